The zero-order chi connectivity index (χ0) is 17.5. The fourth-order valence-electron chi connectivity index (χ4n) is 3.45. The molecule has 2 heterocycles. The van der Waals surface area contributed by atoms with Crippen LogP contribution in [-0.2, 0) is 19.6 Å². The van der Waals surface area contributed by atoms with Gasteiger partial charge in [-0.1, -0.05) is 30.3 Å². The summed E-state index contributed by atoms with van der Waals surface area (Å²) in [5.74, 6) is 0. The molecule has 0 unspecified atom stereocenters. The fourth-order valence-corrected chi connectivity index (χ4v) is 4.17. The molecule has 2 amide bonds. The van der Waals surface area contributed by atoms with E-state index in [-0.39, 0.29) is 12.6 Å². The van der Waals surface area contributed by atoms with Crippen LogP contribution >= 0.6 is 11.3 Å². The maximum atomic E-state index is 12.7. The van der Waals surface area contributed by atoms with Crippen LogP contribution in [0.4, 0.5) is 4.79 Å². The van der Waals surface area contributed by atoms with Crippen LogP contribution in [0.1, 0.15) is 41.7 Å². The maximum absolute atomic E-state index is 12.7. The topological polar surface area (TPSA) is 52.6 Å². The first-order valence-electron chi connectivity index (χ1n) is 9.02. The van der Waals surface area contributed by atoms with E-state index in [0.29, 0.717) is 12.6 Å². The lowest BCUT2D eigenvalue weighted by Gasteiger charge is -2.35. The molecule has 0 radical (unpaired) electrons. The van der Waals surface area contributed by atoms with Crippen molar-refractivity contribution in [3.05, 3.63) is 57.8 Å². The molecule has 1 aliphatic heterocycles. The van der Waals surface area contributed by atoms with Crippen molar-refractivity contribution in [2.75, 3.05) is 6.54 Å². The third kappa shape index (κ3) is 5.06. The van der Waals surface area contributed by atoms with E-state index in [0.717, 1.165) is 43.4 Å². The number of hydrogen-bond donors (Lipinski definition) is 2. The van der Waals surface area contributed by atoms with Crippen LogP contribution in [-0.4, -0.2) is 28.6 Å². The fraction of sp³-hybridized carbons (Fsp3) is 0.450. The average molecular weight is 359 g/mol. The highest BCUT2D eigenvalue weighted by atomic mass is 32.1. The van der Waals surface area contributed by atoms with Crippen LogP contribution in [0.5, 0.6) is 0 Å². The number of piperidine rings is 1. The number of aryl methyl sites for hydroxylation is 1. The number of amides is 2. The Bertz CT molecular complexity index is 672. The van der Waals surface area contributed by atoms with E-state index < -0.39 is 0 Å². The molecule has 0 saturated carbocycles. The van der Waals surface area contributed by atoms with E-state index in [1.165, 1.54) is 11.3 Å². The third-order valence-corrected chi connectivity index (χ3v) is 5.75. The summed E-state index contributed by atoms with van der Waals surface area (Å²) < 4.78 is 0. The van der Waals surface area contributed by atoms with E-state index in [9.17, 15) is 9.90 Å². The van der Waals surface area contributed by atoms with E-state index in [1.807, 2.05) is 29.2 Å². The second-order valence-electron chi connectivity index (χ2n) is 6.60. The van der Waals surface area contributed by atoms with Gasteiger partial charge in [0.05, 0.1) is 6.61 Å². The number of aliphatic hydroxyl groups excluding tert-OH is 1. The summed E-state index contributed by atoms with van der Waals surface area (Å²) in [7, 11) is 0. The van der Waals surface area contributed by atoms with E-state index in [4.69, 9.17) is 0 Å². The van der Waals surface area contributed by atoms with Crippen LogP contribution in [0.2, 0.25) is 0 Å². The van der Waals surface area contributed by atoms with Gasteiger partial charge >= 0.3 is 6.03 Å². The molecule has 2 N–H and O–H groups in total. The third-order valence-electron chi connectivity index (χ3n) is 4.81. The summed E-state index contributed by atoms with van der Waals surface area (Å²) in [6, 6.07) is 12.3. The van der Waals surface area contributed by atoms with Gasteiger partial charge in [0.15, 0.2) is 0 Å². The van der Waals surface area contributed by atoms with Crippen molar-refractivity contribution in [1.82, 2.24) is 10.2 Å². The monoisotopic (exact) mass is 358 g/mol. The van der Waals surface area contributed by atoms with Gasteiger partial charge in [0.2, 0.25) is 0 Å². The van der Waals surface area contributed by atoms with Gasteiger partial charge in [0.25, 0.3) is 0 Å². The van der Waals surface area contributed by atoms with Gasteiger partial charge in [-0.2, -0.15) is 0 Å². The minimum absolute atomic E-state index is 0.0265. The van der Waals surface area contributed by atoms with Gasteiger partial charge in [-0.25, -0.2) is 4.79 Å². The molecule has 134 valence electrons. The number of benzene rings is 1. The first-order chi connectivity index (χ1) is 12.3. The number of rotatable bonds is 6. The van der Waals surface area contributed by atoms with Crippen molar-refractivity contribution in [3.63, 3.8) is 0 Å². The number of nitrogens with one attached hydrogen (secondary N) is 1. The molecule has 3 rings (SSSR count). The quantitative estimate of drug-likeness (QED) is 0.822. The van der Waals surface area contributed by atoms with Gasteiger partial charge in [0.1, 0.15) is 0 Å². The minimum Gasteiger partial charge on any atom is -0.392 e. The van der Waals surface area contributed by atoms with Gasteiger partial charge in [-0.15, -0.1) is 11.3 Å². The molecule has 0 bridgehead atoms. The maximum Gasteiger partial charge on any atom is 0.317 e. The standard InChI is InChI=1S/C20H26N2O2S/c23-15-17-6-3-5-16(13-17)14-21-20(24)22-11-2-1-7-18(22)9-10-19-8-4-12-25-19/h3-6,8,12-13,18,23H,1-2,7,9-11,14-15H2,(H,21,24)/t18-/m1/s1. The van der Waals surface area contributed by atoms with Crippen LogP contribution in [0.15, 0.2) is 41.8 Å². The Morgan fingerprint density at radius 3 is 2.92 bits per heavy atom. The van der Waals surface area contributed by atoms with Gasteiger partial charge in [-0.05, 0) is 54.7 Å². The van der Waals surface area contributed by atoms with E-state index in [1.54, 1.807) is 11.3 Å². The summed E-state index contributed by atoms with van der Waals surface area (Å²) in [4.78, 5) is 16.1. The Kier molecular flexibility index (Phi) is 6.48. The van der Waals surface area contributed by atoms with Crippen molar-refractivity contribution in [2.24, 2.45) is 0 Å². The van der Waals surface area contributed by atoms with Crippen molar-refractivity contribution in [1.29, 1.82) is 0 Å². The highest BCUT2D eigenvalue weighted by molar-refractivity contribution is 7.09. The molecule has 1 aliphatic rings. The molecule has 1 atom stereocenters. The molecular weight excluding hydrogens is 332 g/mol. The summed E-state index contributed by atoms with van der Waals surface area (Å²) in [5, 5.41) is 14.4. The van der Waals surface area contributed by atoms with E-state index >= 15 is 0 Å². The number of aliphatic hydroxyl groups is 1. The van der Waals surface area contributed by atoms with Crippen molar-refractivity contribution in [3.8, 4) is 0 Å². The first-order valence-corrected chi connectivity index (χ1v) is 9.90. The zero-order valence-corrected chi connectivity index (χ0v) is 15.3. The molecule has 25 heavy (non-hydrogen) atoms. The summed E-state index contributed by atoms with van der Waals surface area (Å²) >= 11 is 1.79. The summed E-state index contributed by atoms with van der Waals surface area (Å²) in [6.07, 6.45) is 5.47. The lowest BCUT2D eigenvalue weighted by atomic mass is 9.98. The predicted octanol–water partition coefficient (Wildman–Crippen LogP) is 3.94. The molecule has 5 heteroatoms. The summed E-state index contributed by atoms with van der Waals surface area (Å²) in [6.45, 7) is 1.37. The Morgan fingerprint density at radius 2 is 2.12 bits per heavy atom. The lowest BCUT2D eigenvalue weighted by molar-refractivity contribution is 0.146. The first kappa shape index (κ1) is 18.0. The summed E-state index contributed by atoms with van der Waals surface area (Å²) in [5.41, 5.74) is 1.89. The second-order valence-corrected chi connectivity index (χ2v) is 7.63. The molecular formula is C20H26N2O2S. The van der Waals surface area contributed by atoms with Gasteiger partial charge in [0, 0.05) is 24.0 Å². The molecule has 0 spiro atoms. The number of likely N-dealkylation sites (tertiary alicyclic amines) is 1. The van der Waals surface area contributed by atoms with Crippen LogP contribution in [0.3, 0.4) is 0 Å². The highest BCUT2D eigenvalue weighted by Crippen LogP contribution is 2.23. The van der Waals surface area contributed by atoms with E-state index in [2.05, 4.69) is 22.8 Å². The van der Waals surface area contributed by atoms with Crippen LogP contribution < -0.4 is 5.32 Å². The van der Waals surface area contributed by atoms with Crippen molar-refractivity contribution < 1.29 is 9.90 Å². The normalized spacial score (nSPS) is 17.5. The largest absolute Gasteiger partial charge is 0.392 e. The number of hydrogen-bond acceptors (Lipinski definition) is 3. The molecule has 2 aromatic rings. The Morgan fingerprint density at radius 1 is 1.24 bits per heavy atom. The number of carbonyl (C=O) groups excluding carboxylic acids is 1. The number of nitrogens with zero attached hydrogens (tertiary/aromatic N) is 1. The minimum atomic E-state index is 0.0265. The van der Waals surface area contributed by atoms with Crippen molar-refractivity contribution >= 4 is 17.4 Å². The molecule has 1 aromatic heterocycles. The molecule has 1 aromatic carbocycles. The molecule has 0 aliphatic carbocycles. The van der Waals surface area contributed by atoms with Gasteiger partial charge in [-0.3, -0.25) is 0 Å². The highest BCUT2D eigenvalue weighted by Gasteiger charge is 2.26. The zero-order valence-electron chi connectivity index (χ0n) is 14.5. The Balaban J connectivity index is 1.54. The van der Waals surface area contributed by atoms with Crippen molar-refractivity contribution in [2.45, 2.75) is 51.3 Å². The number of thiophene rings is 1. The Labute approximate surface area is 153 Å². The predicted molar refractivity (Wildman–Crippen MR) is 102 cm³/mol. The smallest absolute Gasteiger partial charge is 0.317 e. The van der Waals surface area contributed by atoms with Crippen LogP contribution in [0.25, 0.3) is 0 Å². The second kappa shape index (κ2) is 9.02. The lowest BCUT2D eigenvalue weighted by Crippen LogP contribution is -2.48. The number of carbonyl (C=O) groups is 1. The number of urea groups is 1. The SMILES string of the molecule is O=C(NCc1cccc(CO)c1)N1CCCC[C@@H]1CCc1cccs1. The molecule has 1 fully saturated rings. The Hall–Kier alpha value is -1.85. The van der Waals surface area contributed by atoms with Gasteiger partial charge < -0.3 is 15.3 Å². The van der Waals surface area contributed by atoms with Crippen LogP contribution in [0, 0.1) is 0 Å². The average Bonchev–Trinajstić information content (AvgIpc) is 3.18. The molecule has 1 saturated heterocycles. The molecule has 4 nitrogen and oxygen atoms in total.